The SMILES string of the molecule is Cc1nn(C)c(C)c1C(C)C(=O)N1CCN(Cc2ccncc2)CC1. The monoisotopic (exact) mass is 341 g/mol. The molecule has 1 aliphatic rings. The molecular formula is C19H27N5O. The van der Waals surface area contributed by atoms with Gasteiger partial charge in [-0.05, 0) is 38.5 Å². The van der Waals surface area contributed by atoms with Gasteiger partial charge in [-0.15, -0.1) is 0 Å². The molecule has 134 valence electrons. The number of piperazine rings is 1. The first kappa shape index (κ1) is 17.6. The van der Waals surface area contributed by atoms with E-state index in [4.69, 9.17) is 0 Å². The lowest BCUT2D eigenvalue weighted by Crippen LogP contribution is -2.49. The van der Waals surface area contributed by atoms with Crippen molar-refractivity contribution in [2.24, 2.45) is 7.05 Å². The van der Waals surface area contributed by atoms with Crippen molar-refractivity contribution < 1.29 is 4.79 Å². The Hall–Kier alpha value is -2.21. The molecule has 0 aromatic carbocycles. The molecule has 1 atom stereocenters. The van der Waals surface area contributed by atoms with Crippen LogP contribution in [0.4, 0.5) is 0 Å². The molecule has 1 saturated heterocycles. The molecule has 0 radical (unpaired) electrons. The largest absolute Gasteiger partial charge is 0.340 e. The van der Waals surface area contributed by atoms with E-state index in [0.29, 0.717) is 0 Å². The van der Waals surface area contributed by atoms with E-state index in [2.05, 4.69) is 15.0 Å². The number of hydrogen-bond donors (Lipinski definition) is 0. The zero-order valence-corrected chi connectivity index (χ0v) is 15.6. The molecule has 3 heterocycles. The van der Waals surface area contributed by atoms with Gasteiger partial charge >= 0.3 is 0 Å². The fraction of sp³-hybridized carbons (Fsp3) is 0.526. The van der Waals surface area contributed by atoms with Gasteiger partial charge in [0, 0.05) is 63.4 Å². The Bertz CT molecular complexity index is 732. The predicted octanol–water partition coefficient (Wildman–Crippen LogP) is 1.88. The van der Waals surface area contributed by atoms with Crippen molar-refractivity contribution in [3.8, 4) is 0 Å². The first-order valence-electron chi connectivity index (χ1n) is 8.87. The van der Waals surface area contributed by atoms with E-state index >= 15 is 0 Å². The molecule has 25 heavy (non-hydrogen) atoms. The van der Waals surface area contributed by atoms with E-state index in [1.54, 1.807) is 0 Å². The lowest BCUT2D eigenvalue weighted by molar-refractivity contribution is -0.134. The summed E-state index contributed by atoms with van der Waals surface area (Å²) < 4.78 is 1.86. The van der Waals surface area contributed by atoms with E-state index in [1.807, 2.05) is 61.9 Å². The Morgan fingerprint density at radius 2 is 1.80 bits per heavy atom. The smallest absolute Gasteiger partial charge is 0.230 e. The minimum absolute atomic E-state index is 0.138. The van der Waals surface area contributed by atoms with Gasteiger partial charge in [0.05, 0.1) is 11.6 Å². The van der Waals surface area contributed by atoms with Crippen molar-refractivity contribution in [3.63, 3.8) is 0 Å². The quantitative estimate of drug-likeness (QED) is 0.852. The van der Waals surface area contributed by atoms with Crippen LogP contribution in [0.2, 0.25) is 0 Å². The van der Waals surface area contributed by atoms with Gasteiger partial charge in [-0.2, -0.15) is 5.10 Å². The number of carbonyl (C=O) groups is 1. The van der Waals surface area contributed by atoms with Crippen LogP contribution >= 0.6 is 0 Å². The average molecular weight is 341 g/mol. The number of nitrogens with zero attached hydrogens (tertiary/aromatic N) is 5. The first-order valence-corrected chi connectivity index (χ1v) is 8.87. The van der Waals surface area contributed by atoms with Crippen LogP contribution in [0, 0.1) is 13.8 Å². The summed E-state index contributed by atoms with van der Waals surface area (Å²) in [5.41, 5.74) is 4.38. The van der Waals surface area contributed by atoms with Crippen molar-refractivity contribution in [3.05, 3.63) is 47.0 Å². The molecule has 2 aromatic heterocycles. The fourth-order valence-corrected chi connectivity index (χ4v) is 3.69. The number of carbonyl (C=O) groups excluding carboxylic acids is 1. The second-order valence-corrected chi connectivity index (χ2v) is 6.89. The van der Waals surface area contributed by atoms with Crippen LogP contribution in [-0.2, 0) is 18.4 Å². The van der Waals surface area contributed by atoms with Crippen molar-refractivity contribution in [1.82, 2.24) is 24.6 Å². The van der Waals surface area contributed by atoms with E-state index in [0.717, 1.165) is 49.7 Å². The van der Waals surface area contributed by atoms with Gasteiger partial charge in [-0.3, -0.25) is 19.4 Å². The molecule has 3 rings (SSSR count). The summed E-state index contributed by atoms with van der Waals surface area (Å²) in [7, 11) is 1.93. The molecule has 0 spiro atoms. The standard InChI is InChI=1S/C19H27N5O/c1-14(18-15(2)21-22(4)16(18)3)19(25)24-11-9-23(10-12-24)13-17-5-7-20-8-6-17/h5-8,14H,9-13H2,1-4H3. The second-order valence-electron chi connectivity index (χ2n) is 6.89. The maximum Gasteiger partial charge on any atom is 0.230 e. The molecule has 1 fully saturated rings. The third-order valence-electron chi connectivity index (χ3n) is 5.21. The van der Waals surface area contributed by atoms with Crippen LogP contribution in [0.25, 0.3) is 0 Å². The van der Waals surface area contributed by atoms with Gasteiger partial charge in [-0.25, -0.2) is 0 Å². The van der Waals surface area contributed by atoms with E-state index < -0.39 is 0 Å². The predicted molar refractivity (Wildman–Crippen MR) is 97.2 cm³/mol. The zero-order valence-electron chi connectivity index (χ0n) is 15.6. The van der Waals surface area contributed by atoms with Crippen molar-refractivity contribution in [1.29, 1.82) is 0 Å². The molecule has 1 aliphatic heterocycles. The van der Waals surface area contributed by atoms with Gasteiger partial charge in [0.2, 0.25) is 5.91 Å². The first-order chi connectivity index (χ1) is 12.0. The summed E-state index contributed by atoms with van der Waals surface area (Å²) in [6.45, 7) is 10.3. The maximum atomic E-state index is 12.9. The highest BCUT2D eigenvalue weighted by atomic mass is 16.2. The summed E-state index contributed by atoms with van der Waals surface area (Å²) in [5.74, 6) is 0.0724. The number of amides is 1. The summed E-state index contributed by atoms with van der Waals surface area (Å²) in [5, 5.41) is 4.45. The van der Waals surface area contributed by atoms with Crippen molar-refractivity contribution in [2.75, 3.05) is 26.2 Å². The van der Waals surface area contributed by atoms with Crippen LogP contribution < -0.4 is 0 Å². The number of rotatable bonds is 4. The average Bonchev–Trinajstić information content (AvgIpc) is 2.87. The molecule has 6 heteroatoms. The van der Waals surface area contributed by atoms with Crippen LogP contribution in [0.5, 0.6) is 0 Å². The molecule has 6 nitrogen and oxygen atoms in total. The minimum atomic E-state index is -0.138. The number of aromatic nitrogens is 3. The Kier molecular flexibility index (Phi) is 5.18. The van der Waals surface area contributed by atoms with E-state index in [-0.39, 0.29) is 11.8 Å². The summed E-state index contributed by atoms with van der Waals surface area (Å²) in [4.78, 5) is 21.4. The summed E-state index contributed by atoms with van der Waals surface area (Å²) in [6, 6.07) is 4.10. The Morgan fingerprint density at radius 3 is 2.36 bits per heavy atom. The van der Waals surface area contributed by atoms with Crippen LogP contribution in [0.15, 0.2) is 24.5 Å². The van der Waals surface area contributed by atoms with Crippen LogP contribution in [0.3, 0.4) is 0 Å². The lowest BCUT2D eigenvalue weighted by atomic mass is 9.97. The molecule has 0 aliphatic carbocycles. The third-order valence-corrected chi connectivity index (χ3v) is 5.21. The Labute approximate surface area is 149 Å². The molecule has 1 unspecified atom stereocenters. The molecule has 0 saturated carbocycles. The number of pyridine rings is 1. The Morgan fingerprint density at radius 1 is 1.16 bits per heavy atom. The normalized spacial score (nSPS) is 16.9. The highest BCUT2D eigenvalue weighted by molar-refractivity contribution is 5.84. The summed E-state index contributed by atoms with van der Waals surface area (Å²) in [6.07, 6.45) is 3.66. The molecule has 1 amide bonds. The topological polar surface area (TPSA) is 54.3 Å². The third kappa shape index (κ3) is 3.74. The van der Waals surface area contributed by atoms with Crippen molar-refractivity contribution in [2.45, 2.75) is 33.2 Å². The fourth-order valence-electron chi connectivity index (χ4n) is 3.69. The number of hydrogen-bond acceptors (Lipinski definition) is 4. The molecular weight excluding hydrogens is 314 g/mol. The highest BCUT2D eigenvalue weighted by Crippen LogP contribution is 2.25. The van der Waals surface area contributed by atoms with Gasteiger partial charge in [0.15, 0.2) is 0 Å². The van der Waals surface area contributed by atoms with Crippen molar-refractivity contribution >= 4 is 5.91 Å². The lowest BCUT2D eigenvalue weighted by Gasteiger charge is -2.36. The van der Waals surface area contributed by atoms with Gasteiger partial charge < -0.3 is 4.90 Å². The van der Waals surface area contributed by atoms with Gasteiger partial charge in [0.25, 0.3) is 0 Å². The molecule has 0 N–H and O–H groups in total. The number of aryl methyl sites for hydroxylation is 2. The highest BCUT2D eigenvalue weighted by Gasteiger charge is 2.29. The summed E-state index contributed by atoms with van der Waals surface area (Å²) >= 11 is 0. The Balaban J connectivity index is 1.59. The zero-order chi connectivity index (χ0) is 18.0. The van der Waals surface area contributed by atoms with Gasteiger partial charge in [-0.1, -0.05) is 0 Å². The second kappa shape index (κ2) is 7.35. The minimum Gasteiger partial charge on any atom is -0.340 e. The van der Waals surface area contributed by atoms with E-state index in [1.165, 1.54) is 5.56 Å². The molecule has 2 aromatic rings. The molecule has 0 bridgehead atoms. The van der Waals surface area contributed by atoms with Crippen LogP contribution in [-0.4, -0.2) is 56.7 Å². The van der Waals surface area contributed by atoms with Crippen LogP contribution in [0.1, 0.15) is 35.4 Å². The van der Waals surface area contributed by atoms with Gasteiger partial charge in [0.1, 0.15) is 0 Å². The van der Waals surface area contributed by atoms with E-state index in [9.17, 15) is 4.79 Å². The maximum absolute atomic E-state index is 12.9.